The number of nitrogens with zero attached hydrogens (tertiary/aromatic N) is 2. The Balaban J connectivity index is 2.04. The molecule has 0 bridgehead atoms. The molecule has 1 heterocycles. The number of carbonyl (C=O) groups excluding carboxylic acids is 1. The fraction of sp³-hybridized carbons (Fsp3) is 0.636. The van der Waals surface area contributed by atoms with Crippen molar-refractivity contribution in [1.82, 2.24) is 15.1 Å². The highest BCUT2D eigenvalue weighted by atomic mass is 16.1. The van der Waals surface area contributed by atoms with E-state index >= 15 is 0 Å². The van der Waals surface area contributed by atoms with Crippen LogP contribution in [-0.2, 0) is 7.05 Å². The van der Waals surface area contributed by atoms with E-state index in [0.29, 0.717) is 18.0 Å². The maximum atomic E-state index is 12.0. The van der Waals surface area contributed by atoms with Gasteiger partial charge in [0.05, 0.1) is 11.8 Å². The number of hydrogen-bond donors (Lipinski definition) is 2. The Bertz CT molecular complexity index is 395. The first-order valence-electron chi connectivity index (χ1n) is 5.63. The standard InChI is InChI=1S/C11H18N4O/c1-7-9(6-13-15(7)2)11(16)14-10(5-12)8-3-4-8/h6,8,10H,3-5,12H2,1-2H3,(H,14,16). The zero-order valence-corrected chi connectivity index (χ0v) is 9.73. The summed E-state index contributed by atoms with van der Waals surface area (Å²) in [5, 5.41) is 7.04. The summed E-state index contributed by atoms with van der Waals surface area (Å²) in [6.45, 7) is 2.40. The van der Waals surface area contributed by atoms with E-state index in [-0.39, 0.29) is 11.9 Å². The normalized spacial score (nSPS) is 17.2. The molecule has 2 rings (SSSR count). The van der Waals surface area contributed by atoms with Crippen molar-refractivity contribution in [2.45, 2.75) is 25.8 Å². The van der Waals surface area contributed by atoms with Crippen LogP contribution in [0.25, 0.3) is 0 Å². The summed E-state index contributed by atoms with van der Waals surface area (Å²) < 4.78 is 1.70. The van der Waals surface area contributed by atoms with Gasteiger partial charge >= 0.3 is 0 Å². The number of carbonyl (C=O) groups is 1. The summed E-state index contributed by atoms with van der Waals surface area (Å²) in [5.74, 6) is 0.513. The molecule has 0 spiro atoms. The summed E-state index contributed by atoms with van der Waals surface area (Å²) in [7, 11) is 1.83. The fourth-order valence-corrected chi connectivity index (χ4v) is 1.84. The predicted octanol–water partition coefficient (Wildman–Crippen LogP) is 0.196. The molecule has 88 valence electrons. The van der Waals surface area contributed by atoms with Crippen LogP contribution in [0.5, 0.6) is 0 Å². The number of aryl methyl sites for hydroxylation is 1. The number of nitrogens with two attached hydrogens (primary N) is 1. The minimum atomic E-state index is -0.0621. The van der Waals surface area contributed by atoms with E-state index in [9.17, 15) is 4.79 Å². The topological polar surface area (TPSA) is 72.9 Å². The van der Waals surface area contributed by atoms with Crippen molar-refractivity contribution >= 4 is 5.91 Å². The number of rotatable bonds is 4. The van der Waals surface area contributed by atoms with Crippen LogP contribution in [0.2, 0.25) is 0 Å². The van der Waals surface area contributed by atoms with E-state index in [1.807, 2.05) is 14.0 Å². The average molecular weight is 222 g/mol. The number of nitrogens with one attached hydrogen (secondary N) is 1. The van der Waals surface area contributed by atoms with Crippen LogP contribution in [0.3, 0.4) is 0 Å². The molecular formula is C11H18N4O. The molecule has 1 atom stereocenters. The summed E-state index contributed by atoms with van der Waals surface area (Å²) in [4.78, 5) is 12.0. The monoisotopic (exact) mass is 222 g/mol. The van der Waals surface area contributed by atoms with Gasteiger partial charge < -0.3 is 11.1 Å². The molecule has 0 radical (unpaired) electrons. The van der Waals surface area contributed by atoms with Crippen molar-refractivity contribution in [3.8, 4) is 0 Å². The molecule has 0 saturated heterocycles. The molecule has 1 aliphatic carbocycles. The fourth-order valence-electron chi connectivity index (χ4n) is 1.84. The van der Waals surface area contributed by atoms with Gasteiger partial charge in [0.2, 0.25) is 0 Å². The number of amides is 1. The number of aromatic nitrogens is 2. The molecule has 1 amide bonds. The molecular weight excluding hydrogens is 204 g/mol. The van der Waals surface area contributed by atoms with Crippen molar-refractivity contribution in [3.63, 3.8) is 0 Å². The summed E-state index contributed by atoms with van der Waals surface area (Å²) in [6, 6.07) is 0.118. The summed E-state index contributed by atoms with van der Waals surface area (Å²) in [6.07, 6.45) is 3.95. The van der Waals surface area contributed by atoms with Crippen LogP contribution in [0, 0.1) is 12.8 Å². The Morgan fingerprint density at radius 3 is 2.88 bits per heavy atom. The highest BCUT2D eigenvalue weighted by Gasteiger charge is 2.31. The van der Waals surface area contributed by atoms with Crippen molar-refractivity contribution in [2.24, 2.45) is 18.7 Å². The Morgan fingerprint density at radius 2 is 2.44 bits per heavy atom. The van der Waals surface area contributed by atoms with E-state index < -0.39 is 0 Å². The maximum Gasteiger partial charge on any atom is 0.255 e. The van der Waals surface area contributed by atoms with Gasteiger partial charge in [-0.15, -0.1) is 0 Å². The lowest BCUT2D eigenvalue weighted by atomic mass is 10.1. The van der Waals surface area contributed by atoms with Crippen LogP contribution in [0.4, 0.5) is 0 Å². The van der Waals surface area contributed by atoms with Crippen molar-refractivity contribution in [2.75, 3.05) is 6.54 Å². The summed E-state index contributed by atoms with van der Waals surface area (Å²) in [5.41, 5.74) is 7.17. The largest absolute Gasteiger partial charge is 0.348 e. The molecule has 16 heavy (non-hydrogen) atoms. The van der Waals surface area contributed by atoms with E-state index in [0.717, 1.165) is 5.69 Å². The van der Waals surface area contributed by atoms with Gasteiger partial charge in [0.15, 0.2) is 0 Å². The molecule has 1 aromatic heterocycles. The van der Waals surface area contributed by atoms with Crippen molar-refractivity contribution in [1.29, 1.82) is 0 Å². The zero-order chi connectivity index (χ0) is 11.7. The molecule has 1 saturated carbocycles. The highest BCUT2D eigenvalue weighted by molar-refractivity contribution is 5.95. The second kappa shape index (κ2) is 4.25. The lowest BCUT2D eigenvalue weighted by Gasteiger charge is -2.15. The van der Waals surface area contributed by atoms with E-state index in [2.05, 4.69) is 10.4 Å². The SMILES string of the molecule is Cc1c(C(=O)NC(CN)C2CC2)cnn1C. The molecule has 5 heteroatoms. The van der Waals surface area contributed by atoms with Crippen LogP contribution in [-0.4, -0.2) is 28.3 Å². The number of hydrogen-bond acceptors (Lipinski definition) is 3. The lowest BCUT2D eigenvalue weighted by molar-refractivity contribution is 0.0933. The van der Waals surface area contributed by atoms with Gasteiger partial charge in [-0.25, -0.2) is 0 Å². The van der Waals surface area contributed by atoms with Gasteiger partial charge in [-0.05, 0) is 25.7 Å². The smallest absolute Gasteiger partial charge is 0.255 e. The molecule has 1 aromatic rings. The van der Waals surface area contributed by atoms with Crippen LogP contribution in [0.1, 0.15) is 28.9 Å². The molecule has 1 fully saturated rings. The first-order chi connectivity index (χ1) is 7.63. The zero-order valence-electron chi connectivity index (χ0n) is 9.73. The minimum absolute atomic E-state index is 0.0621. The van der Waals surface area contributed by atoms with Gasteiger partial charge in [-0.2, -0.15) is 5.10 Å². The Morgan fingerprint density at radius 1 is 1.75 bits per heavy atom. The first kappa shape index (κ1) is 11.1. The maximum absolute atomic E-state index is 12.0. The third kappa shape index (κ3) is 2.09. The third-order valence-electron chi connectivity index (χ3n) is 3.24. The summed E-state index contributed by atoms with van der Waals surface area (Å²) >= 11 is 0. The second-order valence-electron chi connectivity index (χ2n) is 4.42. The molecule has 0 aliphatic heterocycles. The lowest BCUT2D eigenvalue weighted by Crippen LogP contribution is -2.41. The Kier molecular flexibility index (Phi) is 2.96. The third-order valence-corrected chi connectivity index (χ3v) is 3.24. The van der Waals surface area contributed by atoms with Gasteiger partial charge in [0.25, 0.3) is 5.91 Å². The van der Waals surface area contributed by atoms with Crippen molar-refractivity contribution < 1.29 is 4.79 Å². The molecule has 3 N–H and O–H groups in total. The van der Waals surface area contributed by atoms with Crippen LogP contribution in [0.15, 0.2) is 6.20 Å². The average Bonchev–Trinajstić information content (AvgIpc) is 3.04. The van der Waals surface area contributed by atoms with Crippen LogP contribution < -0.4 is 11.1 Å². The van der Waals surface area contributed by atoms with E-state index in [4.69, 9.17) is 5.73 Å². The molecule has 1 unspecified atom stereocenters. The highest BCUT2D eigenvalue weighted by Crippen LogP contribution is 2.32. The van der Waals surface area contributed by atoms with Gasteiger partial charge in [0, 0.05) is 25.3 Å². The van der Waals surface area contributed by atoms with E-state index in [1.165, 1.54) is 12.8 Å². The van der Waals surface area contributed by atoms with Gasteiger partial charge in [-0.3, -0.25) is 9.48 Å². The quantitative estimate of drug-likeness (QED) is 0.764. The van der Waals surface area contributed by atoms with Gasteiger partial charge in [-0.1, -0.05) is 0 Å². The minimum Gasteiger partial charge on any atom is -0.348 e. The molecule has 1 aliphatic rings. The Labute approximate surface area is 95.0 Å². The van der Waals surface area contributed by atoms with Crippen molar-refractivity contribution in [3.05, 3.63) is 17.5 Å². The first-order valence-corrected chi connectivity index (χ1v) is 5.63. The second-order valence-corrected chi connectivity index (χ2v) is 4.42. The molecule has 5 nitrogen and oxygen atoms in total. The van der Waals surface area contributed by atoms with Crippen LogP contribution >= 0.6 is 0 Å². The van der Waals surface area contributed by atoms with Gasteiger partial charge in [0.1, 0.15) is 0 Å². The molecule has 0 aromatic carbocycles. The predicted molar refractivity (Wildman–Crippen MR) is 61.0 cm³/mol. The van der Waals surface area contributed by atoms with E-state index in [1.54, 1.807) is 10.9 Å². The Hall–Kier alpha value is -1.36.